The molecule has 0 aliphatic carbocycles. The molecule has 0 aliphatic rings. The van der Waals surface area contributed by atoms with Crippen LogP contribution in [0, 0.1) is 0 Å². The van der Waals surface area contributed by atoms with Crippen LogP contribution in [0.2, 0.25) is 0 Å². The SMILES string of the molecule is Cn1cc(-c2noc(CNC(=O)Cn3ccc4ccccc43)n2)cn1. The van der Waals surface area contributed by atoms with Crippen LogP contribution in [-0.2, 0) is 24.9 Å². The van der Waals surface area contributed by atoms with Crippen molar-refractivity contribution < 1.29 is 9.32 Å². The van der Waals surface area contributed by atoms with Crippen LogP contribution in [0.3, 0.4) is 0 Å². The smallest absolute Gasteiger partial charge is 0.246 e. The molecule has 25 heavy (non-hydrogen) atoms. The van der Waals surface area contributed by atoms with Crippen molar-refractivity contribution in [2.45, 2.75) is 13.1 Å². The van der Waals surface area contributed by atoms with Crippen LogP contribution in [0.4, 0.5) is 0 Å². The number of nitrogens with zero attached hydrogens (tertiary/aromatic N) is 5. The monoisotopic (exact) mass is 336 g/mol. The molecule has 8 nitrogen and oxygen atoms in total. The lowest BCUT2D eigenvalue weighted by molar-refractivity contribution is -0.121. The van der Waals surface area contributed by atoms with Gasteiger partial charge in [0.2, 0.25) is 17.6 Å². The van der Waals surface area contributed by atoms with E-state index in [9.17, 15) is 4.79 Å². The van der Waals surface area contributed by atoms with Crippen LogP contribution in [0.25, 0.3) is 22.3 Å². The summed E-state index contributed by atoms with van der Waals surface area (Å²) in [7, 11) is 1.82. The third-order valence-corrected chi connectivity index (χ3v) is 3.86. The van der Waals surface area contributed by atoms with Crippen molar-refractivity contribution >= 4 is 16.8 Å². The van der Waals surface area contributed by atoms with Crippen LogP contribution < -0.4 is 5.32 Å². The predicted molar refractivity (Wildman–Crippen MR) is 90.3 cm³/mol. The molecule has 8 heteroatoms. The summed E-state index contributed by atoms with van der Waals surface area (Å²) in [4.78, 5) is 16.4. The maximum Gasteiger partial charge on any atom is 0.246 e. The molecule has 0 saturated carbocycles. The summed E-state index contributed by atoms with van der Waals surface area (Å²) in [5.74, 6) is 0.681. The highest BCUT2D eigenvalue weighted by molar-refractivity contribution is 5.83. The molecular weight excluding hydrogens is 320 g/mol. The minimum Gasteiger partial charge on any atom is -0.345 e. The Morgan fingerprint density at radius 3 is 3.00 bits per heavy atom. The molecule has 126 valence electrons. The number of carbonyl (C=O) groups is 1. The van der Waals surface area contributed by atoms with E-state index in [1.165, 1.54) is 0 Å². The number of rotatable bonds is 5. The molecule has 4 aromatic rings. The third-order valence-electron chi connectivity index (χ3n) is 3.86. The Kier molecular flexibility index (Phi) is 3.77. The summed E-state index contributed by atoms with van der Waals surface area (Å²) in [5.41, 5.74) is 1.79. The van der Waals surface area contributed by atoms with Crippen molar-refractivity contribution in [3.8, 4) is 11.4 Å². The van der Waals surface area contributed by atoms with Gasteiger partial charge in [0.05, 0.1) is 18.3 Å². The molecule has 1 aromatic carbocycles. The van der Waals surface area contributed by atoms with Crippen molar-refractivity contribution in [3.05, 3.63) is 54.8 Å². The van der Waals surface area contributed by atoms with Gasteiger partial charge < -0.3 is 14.4 Å². The molecule has 0 spiro atoms. The molecule has 0 unspecified atom stereocenters. The van der Waals surface area contributed by atoms with E-state index in [0.717, 1.165) is 16.5 Å². The maximum absolute atomic E-state index is 12.2. The van der Waals surface area contributed by atoms with E-state index < -0.39 is 0 Å². The fraction of sp³-hybridized carbons (Fsp3) is 0.176. The second kappa shape index (κ2) is 6.23. The Bertz CT molecular complexity index is 1030. The summed E-state index contributed by atoms with van der Waals surface area (Å²) in [5, 5.41) is 11.9. The number of nitrogens with one attached hydrogen (secondary N) is 1. The highest BCUT2D eigenvalue weighted by Crippen LogP contribution is 2.15. The Morgan fingerprint density at radius 2 is 2.16 bits per heavy atom. The van der Waals surface area contributed by atoms with E-state index in [0.29, 0.717) is 11.7 Å². The van der Waals surface area contributed by atoms with Crippen LogP contribution in [0.15, 0.2) is 53.4 Å². The van der Waals surface area contributed by atoms with E-state index in [1.807, 2.05) is 48.1 Å². The molecule has 0 bridgehead atoms. The molecule has 1 amide bonds. The highest BCUT2D eigenvalue weighted by Gasteiger charge is 2.12. The first kappa shape index (κ1) is 15.1. The van der Waals surface area contributed by atoms with Crippen LogP contribution in [-0.4, -0.2) is 30.4 Å². The fourth-order valence-electron chi connectivity index (χ4n) is 2.64. The molecule has 0 saturated heterocycles. The van der Waals surface area contributed by atoms with Gasteiger partial charge in [-0.1, -0.05) is 23.4 Å². The summed E-state index contributed by atoms with van der Waals surface area (Å²) in [6.07, 6.45) is 5.35. The molecule has 1 N–H and O–H groups in total. The van der Waals surface area contributed by atoms with Gasteiger partial charge in [-0.15, -0.1) is 0 Å². The molecule has 0 atom stereocenters. The van der Waals surface area contributed by atoms with Gasteiger partial charge in [0.1, 0.15) is 6.54 Å². The number of para-hydroxylation sites is 1. The van der Waals surface area contributed by atoms with E-state index >= 15 is 0 Å². The Hall–Kier alpha value is -3.42. The van der Waals surface area contributed by atoms with Crippen molar-refractivity contribution in [1.29, 1.82) is 0 Å². The number of aryl methyl sites for hydroxylation is 1. The van der Waals surface area contributed by atoms with Crippen LogP contribution in [0.5, 0.6) is 0 Å². The van der Waals surface area contributed by atoms with E-state index in [2.05, 4.69) is 20.6 Å². The summed E-state index contributed by atoms with van der Waals surface area (Å²) >= 11 is 0. The third kappa shape index (κ3) is 3.14. The Labute approximate surface area is 143 Å². The molecule has 3 heterocycles. The molecule has 3 aromatic heterocycles. The van der Waals surface area contributed by atoms with E-state index in [4.69, 9.17) is 4.52 Å². The molecule has 0 aliphatic heterocycles. The van der Waals surface area contributed by atoms with Crippen molar-refractivity contribution in [3.63, 3.8) is 0 Å². The predicted octanol–water partition coefficient (Wildman–Crippen LogP) is 1.74. The topological polar surface area (TPSA) is 90.8 Å². The highest BCUT2D eigenvalue weighted by atomic mass is 16.5. The Balaban J connectivity index is 1.38. The number of benzene rings is 1. The molecule has 0 radical (unpaired) electrons. The zero-order chi connectivity index (χ0) is 17.2. The van der Waals surface area contributed by atoms with Crippen LogP contribution >= 0.6 is 0 Å². The zero-order valence-corrected chi connectivity index (χ0v) is 13.6. The quantitative estimate of drug-likeness (QED) is 0.599. The number of carbonyl (C=O) groups excluding carboxylic acids is 1. The van der Waals surface area contributed by atoms with Gasteiger partial charge in [-0.25, -0.2) is 0 Å². The minimum atomic E-state index is -0.123. The second-order valence-corrected chi connectivity index (χ2v) is 5.69. The lowest BCUT2D eigenvalue weighted by atomic mass is 10.2. The largest absolute Gasteiger partial charge is 0.345 e. The van der Waals surface area contributed by atoms with Gasteiger partial charge in [0, 0.05) is 25.0 Å². The maximum atomic E-state index is 12.2. The first-order chi connectivity index (χ1) is 12.2. The Morgan fingerprint density at radius 1 is 1.28 bits per heavy atom. The van der Waals surface area contributed by atoms with Gasteiger partial charge in [-0.2, -0.15) is 10.1 Å². The number of hydrogen-bond donors (Lipinski definition) is 1. The molecule has 0 fully saturated rings. The zero-order valence-electron chi connectivity index (χ0n) is 13.6. The lowest BCUT2D eigenvalue weighted by Crippen LogP contribution is -2.26. The van der Waals surface area contributed by atoms with Gasteiger partial charge in [-0.05, 0) is 17.5 Å². The first-order valence-corrected chi connectivity index (χ1v) is 7.81. The average molecular weight is 336 g/mol. The lowest BCUT2D eigenvalue weighted by Gasteiger charge is -2.05. The van der Waals surface area contributed by atoms with E-state index in [-0.39, 0.29) is 19.0 Å². The number of fused-ring (bicyclic) bond motifs is 1. The van der Waals surface area contributed by atoms with Crippen molar-refractivity contribution in [2.75, 3.05) is 0 Å². The summed E-state index contributed by atoms with van der Waals surface area (Å²) < 4.78 is 8.73. The molecule has 4 rings (SSSR count). The summed E-state index contributed by atoms with van der Waals surface area (Å²) in [6.45, 7) is 0.419. The first-order valence-electron chi connectivity index (χ1n) is 7.81. The van der Waals surface area contributed by atoms with E-state index in [1.54, 1.807) is 17.1 Å². The van der Waals surface area contributed by atoms with Gasteiger partial charge >= 0.3 is 0 Å². The average Bonchev–Trinajstić information content (AvgIpc) is 3.33. The van der Waals surface area contributed by atoms with Crippen LogP contribution in [0.1, 0.15) is 5.89 Å². The number of hydrogen-bond acceptors (Lipinski definition) is 5. The standard InChI is InChI=1S/C17H16N6O2/c1-22-10-13(8-19-22)17-20-16(25-21-17)9-18-15(24)11-23-7-6-12-4-2-3-5-14(12)23/h2-8,10H,9,11H2,1H3,(H,18,24). The summed E-state index contributed by atoms with van der Waals surface area (Å²) in [6, 6.07) is 9.92. The van der Waals surface area contributed by atoms with Gasteiger partial charge in [0.15, 0.2) is 0 Å². The van der Waals surface area contributed by atoms with Gasteiger partial charge in [-0.3, -0.25) is 9.48 Å². The van der Waals surface area contributed by atoms with Crippen molar-refractivity contribution in [1.82, 2.24) is 29.8 Å². The van der Waals surface area contributed by atoms with Crippen molar-refractivity contribution in [2.24, 2.45) is 7.05 Å². The fourth-order valence-corrected chi connectivity index (χ4v) is 2.64. The minimum absolute atomic E-state index is 0.123. The normalized spacial score (nSPS) is 11.1. The number of aromatic nitrogens is 5. The second-order valence-electron chi connectivity index (χ2n) is 5.69. The van der Waals surface area contributed by atoms with Gasteiger partial charge in [0.25, 0.3) is 0 Å². The molecular formula is C17H16N6O2. The number of amides is 1.